The van der Waals surface area contributed by atoms with Gasteiger partial charge in [-0.3, -0.25) is 4.79 Å². The number of carbonyl (C=O) groups is 1. The molecular formula is C17H19BrN2O4S2. The highest BCUT2D eigenvalue weighted by Crippen LogP contribution is 2.32. The molecule has 140 valence electrons. The van der Waals surface area contributed by atoms with E-state index in [0.717, 1.165) is 6.42 Å². The zero-order chi connectivity index (χ0) is 19.2. The van der Waals surface area contributed by atoms with E-state index >= 15 is 0 Å². The van der Waals surface area contributed by atoms with Gasteiger partial charge in [0.1, 0.15) is 0 Å². The van der Waals surface area contributed by atoms with Gasteiger partial charge in [0.15, 0.2) is 0 Å². The van der Waals surface area contributed by atoms with Crippen molar-refractivity contribution >= 4 is 43.6 Å². The number of aliphatic hydroxyl groups excluding tert-OH is 1. The number of primary sulfonamides is 1. The Morgan fingerprint density at radius 1 is 1.23 bits per heavy atom. The summed E-state index contributed by atoms with van der Waals surface area (Å²) in [4.78, 5) is 12.8. The third kappa shape index (κ3) is 5.82. The molecule has 9 heteroatoms. The zero-order valence-corrected chi connectivity index (χ0v) is 17.0. The number of rotatable bonds is 8. The topological polar surface area (TPSA) is 109 Å². The minimum atomic E-state index is -3.98. The Balaban J connectivity index is 2.27. The Morgan fingerprint density at radius 2 is 1.92 bits per heavy atom. The molecule has 4 N–H and O–H groups in total. The number of carbonyl (C=O) groups excluding carboxylic acids is 1. The molecule has 1 amide bonds. The molecule has 26 heavy (non-hydrogen) atoms. The van der Waals surface area contributed by atoms with Gasteiger partial charge in [0.2, 0.25) is 10.0 Å². The van der Waals surface area contributed by atoms with Crippen LogP contribution in [0.25, 0.3) is 0 Å². The van der Waals surface area contributed by atoms with Crippen LogP contribution in [0.4, 0.5) is 0 Å². The Bertz CT molecular complexity index is 874. The van der Waals surface area contributed by atoms with Gasteiger partial charge in [-0.05, 0) is 40.0 Å². The maximum Gasteiger partial charge on any atom is 0.252 e. The van der Waals surface area contributed by atoms with Crippen molar-refractivity contribution in [3.63, 3.8) is 0 Å². The first-order valence-corrected chi connectivity index (χ1v) is 11.1. The van der Waals surface area contributed by atoms with E-state index in [1.807, 2.05) is 30.3 Å². The highest BCUT2D eigenvalue weighted by Gasteiger charge is 2.20. The van der Waals surface area contributed by atoms with Crippen LogP contribution in [0, 0.1) is 0 Å². The Labute approximate surface area is 165 Å². The van der Waals surface area contributed by atoms with Crippen molar-refractivity contribution < 1.29 is 18.3 Å². The molecule has 0 aliphatic carbocycles. The number of hydrogen-bond acceptors (Lipinski definition) is 5. The molecular weight excluding hydrogens is 440 g/mol. The summed E-state index contributed by atoms with van der Waals surface area (Å²) in [6.07, 6.45) is 0.803. The third-order valence-electron chi connectivity index (χ3n) is 3.47. The van der Waals surface area contributed by atoms with E-state index in [1.165, 1.54) is 23.4 Å². The minimum absolute atomic E-state index is 0.0771. The number of benzene rings is 2. The number of sulfonamides is 1. The molecule has 0 radical (unpaired) electrons. The Morgan fingerprint density at radius 3 is 2.54 bits per heavy atom. The van der Waals surface area contributed by atoms with Gasteiger partial charge in [-0.25, -0.2) is 13.6 Å². The third-order valence-corrected chi connectivity index (χ3v) is 6.40. The normalized spacial score (nSPS) is 11.3. The fraction of sp³-hybridized carbons (Fsp3) is 0.235. The maximum absolute atomic E-state index is 12.4. The number of nitrogens with two attached hydrogens (primary N) is 1. The average molecular weight is 459 g/mol. The Hall–Kier alpha value is -1.39. The molecule has 2 aromatic rings. The van der Waals surface area contributed by atoms with Crippen LogP contribution in [-0.4, -0.2) is 38.3 Å². The van der Waals surface area contributed by atoms with Crippen LogP contribution in [0.15, 0.2) is 56.7 Å². The molecule has 0 spiro atoms. The summed E-state index contributed by atoms with van der Waals surface area (Å²) in [5.41, 5.74) is 1.38. The first-order chi connectivity index (χ1) is 12.3. The van der Waals surface area contributed by atoms with Crippen LogP contribution in [0.1, 0.15) is 15.9 Å². The van der Waals surface area contributed by atoms with Gasteiger partial charge in [-0.15, -0.1) is 11.8 Å². The molecule has 0 aromatic heterocycles. The highest BCUT2D eigenvalue weighted by atomic mass is 79.9. The van der Waals surface area contributed by atoms with Crippen LogP contribution in [-0.2, 0) is 16.4 Å². The number of aryl methyl sites for hydroxylation is 1. The molecule has 0 unspecified atom stereocenters. The van der Waals surface area contributed by atoms with Gasteiger partial charge in [0, 0.05) is 21.7 Å². The van der Waals surface area contributed by atoms with Crippen LogP contribution in [0.2, 0.25) is 0 Å². The van der Waals surface area contributed by atoms with E-state index in [4.69, 9.17) is 10.2 Å². The number of aliphatic hydroxyl groups is 1. The van der Waals surface area contributed by atoms with Crippen molar-refractivity contribution in [3.8, 4) is 0 Å². The molecule has 0 bridgehead atoms. The summed E-state index contributed by atoms with van der Waals surface area (Å²) in [6.45, 7) is -0.130. The second kappa shape index (κ2) is 9.52. The number of hydrogen-bond donors (Lipinski definition) is 3. The summed E-state index contributed by atoms with van der Waals surface area (Å²) in [5.74, 6) is 0.254. The standard InChI is InChI=1S/C17H19BrN2O4S2/c18-14-11-15(25-9-6-12-4-2-1-3-5-12)13(17(22)20-7-8-21)10-16(14)26(19,23)24/h1-5,10-11,21H,6-9H2,(H,20,22)(H2,19,23,24). The largest absolute Gasteiger partial charge is 0.395 e. The van der Waals surface area contributed by atoms with Gasteiger partial charge in [0.25, 0.3) is 5.91 Å². The lowest BCUT2D eigenvalue weighted by atomic mass is 10.2. The molecule has 0 fully saturated rings. The molecule has 0 aliphatic heterocycles. The van der Waals surface area contributed by atoms with Gasteiger partial charge >= 0.3 is 0 Å². The van der Waals surface area contributed by atoms with Crippen molar-refractivity contribution in [1.29, 1.82) is 0 Å². The first-order valence-electron chi connectivity index (χ1n) is 7.75. The van der Waals surface area contributed by atoms with E-state index in [9.17, 15) is 13.2 Å². The second-order valence-electron chi connectivity index (χ2n) is 5.39. The monoisotopic (exact) mass is 458 g/mol. The summed E-state index contributed by atoms with van der Waals surface area (Å²) in [6, 6.07) is 12.8. The lowest BCUT2D eigenvalue weighted by Gasteiger charge is -2.13. The number of amides is 1. The molecule has 0 saturated carbocycles. The predicted octanol–water partition coefficient (Wildman–Crippen LogP) is 2.15. The summed E-state index contributed by atoms with van der Waals surface area (Å²) in [7, 11) is -3.98. The number of thioether (sulfide) groups is 1. The second-order valence-corrected chi connectivity index (χ2v) is 8.91. The number of halogens is 1. The first kappa shape index (κ1) is 20.9. The summed E-state index contributed by atoms with van der Waals surface area (Å²) < 4.78 is 23.8. The van der Waals surface area contributed by atoms with Gasteiger partial charge in [-0.1, -0.05) is 30.3 Å². The van der Waals surface area contributed by atoms with Crippen LogP contribution < -0.4 is 10.5 Å². The van der Waals surface area contributed by atoms with Crippen LogP contribution >= 0.6 is 27.7 Å². The molecule has 0 aliphatic rings. The van der Waals surface area contributed by atoms with Crippen molar-refractivity contribution in [1.82, 2.24) is 5.32 Å². The molecule has 0 atom stereocenters. The molecule has 0 saturated heterocycles. The fourth-order valence-electron chi connectivity index (χ4n) is 2.24. The van der Waals surface area contributed by atoms with E-state index < -0.39 is 15.9 Å². The fourth-order valence-corrected chi connectivity index (χ4v) is 5.09. The Kier molecular flexibility index (Phi) is 7.66. The predicted molar refractivity (Wildman–Crippen MR) is 106 cm³/mol. The molecule has 2 aromatic carbocycles. The lowest BCUT2D eigenvalue weighted by Crippen LogP contribution is -2.27. The zero-order valence-electron chi connectivity index (χ0n) is 13.8. The van der Waals surface area contributed by atoms with Crippen molar-refractivity contribution in [2.45, 2.75) is 16.2 Å². The van der Waals surface area contributed by atoms with Crippen LogP contribution in [0.3, 0.4) is 0 Å². The average Bonchev–Trinajstić information content (AvgIpc) is 2.59. The van der Waals surface area contributed by atoms with E-state index in [0.29, 0.717) is 15.1 Å². The smallest absolute Gasteiger partial charge is 0.252 e. The van der Waals surface area contributed by atoms with Gasteiger partial charge < -0.3 is 10.4 Å². The molecule has 0 heterocycles. The molecule has 2 rings (SSSR count). The summed E-state index contributed by atoms with van der Waals surface area (Å²) in [5, 5.41) is 16.6. The SMILES string of the molecule is NS(=O)(=O)c1cc(C(=O)NCCO)c(SCCc2ccccc2)cc1Br. The van der Waals surface area contributed by atoms with Crippen LogP contribution in [0.5, 0.6) is 0 Å². The van der Waals surface area contributed by atoms with Crippen molar-refractivity contribution in [2.24, 2.45) is 5.14 Å². The maximum atomic E-state index is 12.4. The minimum Gasteiger partial charge on any atom is -0.395 e. The van der Waals surface area contributed by atoms with E-state index in [1.54, 1.807) is 6.07 Å². The highest BCUT2D eigenvalue weighted by molar-refractivity contribution is 9.10. The summed E-state index contributed by atoms with van der Waals surface area (Å²) >= 11 is 4.66. The van der Waals surface area contributed by atoms with Crippen molar-refractivity contribution in [3.05, 3.63) is 58.1 Å². The van der Waals surface area contributed by atoms with E-state index in [-0.39, 0.29) is 23.6 Å². The lowest BCUT2D eigenvalue weighted by molar-refractivity contribution is 0.0941. The quantitative estimate of drug-likeness (QED) is 0.525. The van der Waals surface area contributed by atoms with E-state index in [2.05, 4.69) is 21.2 Å². The molecule has 6 nitrogen and oxygen atoms in total. The van der Waals surface area contributed by atoms with Crippen molar-refractivity contribution in [2.75, 3.05) is 18.9 Å². The van der Waals surface area contributed by atoms with Gasteiger partial charge in [0.05, 0.1) is 17.1 Å². The van der Waals surface area contributed by atoms with Gasteiger partial charge in [-0.2, -0.15) is 0 Å². The number of nitrogens with one attached hydrogen (secondary N) is 1.